The van der Waals surface area contributed by atoms with Gasteiger partial charge in [-0.3, -0.25) is 0 Å². The minimum absolute atomic E-state index is 0.209. The molecule has 17 heavy (non-hydrogen) atoms. The molecule has 0 saturated heterocycles. The Hall–Kier alpha value is -1.02. The Morgan fingerprint density at radius 2 is 1.71 bits per heavy atom. The predicted molar refractivity (Wildman–Crippen MR) is 73.6 cm³/mol. The van der Waals surface area contributed by atoms with Crippen molar-refractivity contribution in [3.63, 3.8) is 0 Å². The van der Waals surface area contributed by atoms with E-state index in [0.717, 1.165) is 25.3 Å². The highest BCUT2D eigenvalue weighted by Gasteiger charge is 2.04. The highest BCUT2D eigenvalue weighted by Crippen LogP contribution is 2.13. The molecular weight excluding hydrogens is 210 g/mol. The van der Waals surface area contributed by atoms with E-state index in [4.69, 9.17) is 4.74 Å². The van der Waals surface area contributed by atoms with E-state index in [9.17, 15) is 0 Å². The molecule has 1 N–H and O–H groups in total. The van der Waals surface area contributed by atoms with Crippen LogP contribution in [0.1, 0.15) is 33.3 Å². The molecule has 0 aliphatic carbocycles. The van der Waals surface area contributed by atoms with Gasteiger partial charge in [0.05, 0.1) is 0 Å². The van der Waals surface area contributed by atoms with Gasteiger partial charge in [-0.05, 0) is 43.5 Å². The van der Waals surface area contributed by atoms with Gasteiger partial charge in [-0.1, -0.05) is 32.9 Å². The molecule has 2 nitrogen and oxygen atoms in total. The van der Waals surface area contributed by atoms with Crippen molar-refractivity contribution in [2.24, 2.45) is 5.92 Å². The third-order valence-electron chi connectivity index (χ3n) is 2.65. The third-order valence-corrected chi connectivity index (χ3v) is 2.65. The number of nitrogens with one attached hydrogen (secondary N) is 1. The number of ether oxygens (including phenoxy) is 1. The van der Waals surface area contributed by atoms with E-state index >= 15 is 0 Å². The van der Waals surface area contributed by atoms with Crippen molar-refractivity contribution in [1.82, 2.24) is 5.32 Å². The molecule has 0 radical (unpaired) electrons. The first-order valence-electron chi connectivity index (χ1n) is 6.58. The van der Waals surface area contributed by atoms with E-state index in [2.05, 4.69) is 57.3 Å². The van der Waals surface area contributed by atoms with Gasteiger partial charge in [-0.15, -0.1) is 0 Å². The maximum atomic E-state index is 5.83. The first kappa shape index (κ1) is 14.0. The Kier molecular flexibility index (Phi) is 6.06. The van der Waals surface area contributed by atoms with Crippen LogP contribution in [0.2, 0.25) is 0 Å². The van der Waals surface area contributed by atoms with Gasteiger partial charge in [0.2, 0.25) is 0 Å². The zero-order valence-electron chi connectivity index (χ0n) is 11.5. The summed E-state index contributed by atoms with van der Waals surface area (Å²) in [5.41, 5.74) is 1.35. The van der Waals surface area contributed by atoms with Crippen LogP contribution < -0.4 is 10.1 Å². The Balaban J connectivity index is 2.31. The minimum atomic E-state index is 0.209. The van der Waals surface area contributed by atoms with Gasteiger partial charge in [0, 0.05) is 6.54 Å². The SMILES string of the molecule is CCc1ccc(OC(C)CNCC(C)C)cc1. The highest BCUT2D eigenvalue weighted by molar-refractivity contribution is 5.27. The Morgan fingerprint density at radius 3 is 2.24 bits per heavy atom. The maximum Gasteiger partial charge on any atom is 0.119 e. The van der Waals surface area contributed by atoms with Crippen LogP contribution in [0, 0.1) is 5.92 Å². The molecule has 1 rings (SSSR count). The lowest BCUT2D eigenvalue weighted by atomic mass is 10.2. The summed E-state index contributed by atoms with van der Waals surface area (Å²) in [6.07, 6.45) is 1.28. The minimum Gasteiger partial charge on any atom is -0.489 e. The van der Waals surface area contributed by atoms with E-state index in [0.29, 0.717) is 5.92 Å². The first-order valence-corrected chi connectivity index (χ1v) is 6.58. The number of rotatable bonds is 7. The van der Waals surface area contributed by atoms with Crippen molar-refractivity contribution in [1.29, 1.82) is 0 Å². The summed E-state index contributed by atoms with van der Waals surface area (Å²) in [6.45, 7) is 10.6. The number of hydrogen-bond donors (Lipinski definition) is 1. The Labute approximate surface area is 105 Å². The number of hydrogen-bond acceptors (Lipinski definition) is 2. The van der Waals surface area contributed by atoms with E-state index in [1.165, 1.54) is 5.56 Å². The van der Waals surface area contributed by atoms with Gasteiger partial charge in [-0.2, -0.15) is 0 Å². The van der Waals surface area contributed by atoms with Gasteiger partial charge < -0.3 is 10.1 Å². The zero-order chi connectivity index (χ0) is 12.7. The van der Waals surface area contributed by atoms with Crippen LogP contribution in [0.3, 0.4) is 0 Å². The van der Waals surface area contributed by atoms with Crippen molar-refractivity contribution >= 4 is 0 Å². The van der Waals surface area contributed by atoms with E-state index in [-0.39, 0.29) is 6.10 Å². The molecule has 1 aromatic rings. The summed E-state index contributed by atoms with van der Waals surface area (Å²) in [6, 6.07) is 8.36. The second-order valence-electron chi connectivity index (χ2n) is 4.98. The molecule has 1 atom stereocenters. The zero-order valence-corrected chi connectivity index (χ0v) is 11.5. The van der Waals surface area contributed by atoms with Gasteiger partial charge >= 0.3 is 0 Å². The molecule has 0 saturated carbocycles. The molecule has 0 fully saturated rings. The number of benzene rings is 1. The largest absolute Gasteiger partial charge is 0.489 e. The molecule has 0 aliphatic rings. The van der Waals surface area contributed by atoms with Crippen LogP contribution in [0.25, 0.3) is 0 Å². The summed E-state index contributed by atoms with van der Waals surface area (Å²) < 4.78 is 5.83. The van der Waals surface area contributed by atoms with Gasteiger partial charge in [-0.25, -0.2) is 0 Å². The summed E-state index contributed by atoms with van der Waals surface area (Å²) in [5, 5.41) is 3.40. The van der Waals surface area contributed by atoms with Crippen LogP contribution >= 0.6 is 0 Å². The molecule has 0 aliphatic heterocycles. The fourth-order valence-corrected chi connectivity index (χ4v) is 1.65. The summed E-state index contributed by atoms with van der Waals surface area (Å²) in [4.78, 5) is 0. The van der Waals surface area contributed by atoms with Gasteiger partial charge in [0.15, 0.2) is 0 Å². The second-order valence-corrected chi connectivity index (χ2v) is 4.98. The van der Waals surface area contributed by atoms with Crippen molar-refractivity contribution in [3.8, 4) is 5.75 Å². The van der Waals surface area contributed by atoms with Crippen molar-refractivity contribution in [2.45, 2.75) is 40.2 Å². The lowest BCUT2D eigenvalue weighted by Gasteiger charge is -2.16. The molecule has 2 heteroatoms. The molecule has 1 aromatic carbocycles. The van der Waals surface area contributed by atoms with Crippen molar-refractivity contribution < 1.29 is 4.74 Å². The van der Waals surface area contributed by atoms with Crippen LogP contribution in [-0.4, -0.2) is 19.2 Å². The first-order chi connectivity index (χ1) is 8.11. The van der Waals surface area contributed by atoms with E-state index < -0.39 is 0 Å². The monoisotopic (exact) mass is 235 g/mol. The van der Waals surface area contributed by atoms with Crippen LogP contribution in [0.5, 0.6) is 5.75 Å². The van der Waals surface area contributed by atoms with Gasteiger partial charge in [0.25, 0.3) is 0 Å². The van der Waals surface area contributed by atoms with Crippen molar-refractivity contribution in [3.05, 3.63) is 29.8 Å². The maximum absolute atomic E-state index is 5.83. The lowest BCUT2D eigenvalue weighted by Crippen LogP contribution is -2.31. The smallest absolute Gasteiger partial charge is 0.119 e. The average Bonchev–Trinajstić information content (AvgIpc) is 2.29. The second kappa shape index (κ2) is 7.33. The van der Waals surface area contributed by atoms with Gasteiger partial charge in [0.1, 0.15) is 11.9 Å². The predicted octanol–water partition coefficient (Wildman–Crippen LogP) is 3.26. The van der Waals surface area contributed by atoms with Crippen molar-refractivity contribution in [2.75, 3.05) is 13.1 Å². The Morgan fingerprint density at radius 1 is 1.06 bits per heavy atom. The molecule has 0 amide bonds. The quantitative estimate of drug-likeness (QED) is 0.783. The highest BCUT2D eigenvalue weighted by atomic mass is 16.5. The summed E-state index contributed by atoms with van der Waals surface area (Å²) in [5.74, 6) is 1.65. The van der Waals surface area contributed by atoms with E-state index in [1.807, 2.05) is 0 Å². The number of aryl methyl sites for hydroxylation is 1. The lowest BCUT2D eigenvalue weighted by molar-refractivity contribution is 0.215. The molecule has 0 aromatic heterocycles. The third kappa shape index (κ3) is 5.73. The molecule has 0 heterocycles. The molecule has 0 spiro atoms. The molecule has 96 valence electrons. The molecule has 0 bridgehead atoms. The molecule has 1 unspecified atom stereocenters. The standard InChI is InChI=1S/C15H25NO/c1-5-14-6-8-15(9-7-14)17-13(4)11-16-10-12(2)3/h6-9,12-13,16H,5,10-11H2,1-4H3. The normalized spacial score (nSPS) is 12.8. The van der Waals surface area contributed by atoms with Crippen LogP contribution in [0.15, 0.2) is 24.3 Å². The summed E-state index contributed by atoms with van der Waals surface area (Å²) >= 11 is 0. The fraction of sp³-hybridized carbons (Fsp3) is 0.600. The van der Waals surface area contributed by atoms with Crippen LogP contribution in [0.4, 0.5) is 0 Å². The summed E-state index contributed by atoms with van der Waals surface area (Å²) in [7, 11) is 0. The average molecular weight is 235 g/mol. The van der Waals surface area contributed by atoms with E-state index in [1.54, 1.807) is 0 Å². The molecular formula is C15H25NO. The fourth-order valence-electron chi connectivity index (χ4n) is 1.65. The topological polar surface area (TPSA) is 21.3 Å². The van der Waals surface area contributed by atoms with Crippen LogP contribution in [-0.2, 0) is 6.42 Å². The Bertz CT molecular complexity index is 305.